The van der Waals surface area contributed by atoms with Crippen molar-refractivity contribution in [2.75, 3.05) is 31.0 Å². The maximum Gasteiger partial charge on any atom is 0.353 e. The van der Waals surface area contributed by atoms with Gasteiger partial charge in [0.05, 0.1) is 6.10 Å². The van der Waals surface area contributed by atoms with Gasteiger partial charge in [-0.1, -0.05) is 5.16 Å². The van der Waals surface area contributed by atoms with Gasteiger partial charge in [0.25, 0.3) is 11.8 Å². The van der Waals surface area contributed by atoms with Crippen molar-refractivity contribution < 1.29 is 29.1 Å². The van der Waals surface area contributed by atoms with Crippen LogP contribution < -0.4 is 11.1 Å². The van der Waals surface area contributed by atoms with Crippen molar-refractivity contribution in [3.8, 4) is 0 Å². The second-order valence-electron chi connectivity index (χ2n) is 7.43. The topological polar surface area (TPSA) is 156 Å². The number of thiazole rings is 1. The number of nitrogens with one attached hydrogen (secondary N) is 1. The molecular formula is C19H23N5O6S3. The van der Waals surface area contributed by atoms with Gasteiger partial charge in [0, 0.05) is 28.4 Å². The highest BCUT2D eigenvalue weighted by atomic mass is 32.2. The minimum atomic E-state index is -1.16. The maximum absolute atomic E-state index is 12.9. The van der Waals surface area contributed by atoms with Crippen LogP contribution in [0.1, 0.15) is 25.0 Å². The fourth-order valence-electron chi connectivity index (χ4n) is 3.74. The third-order valence-corrected chi connectivity index (χ3v) is 8.66. The lowest BCUT2D eigenvalue weighted by Crippen LogP contribution is -2.71. The highest BCUT2D eigenvalue weighted by molar-refractivity contribution is 8.06. The Bertz CT molecular complexity index is 1010. The number of nitrogens with zero attached hydrogens (tertiary/aromatic N) is 3. The number of carboxylic acid groups (broad SMARTS) is 1. The number of amides is 2. The van der Waals surface area contributed by atoms with Crippen LogP contribution in [0, 0.1) is 0 Å². The molecule has 1 aromatic rings. The lowest BCUT2D eigenvalue weighted by Gasteiger charge is -2.49. The Kier molecular flexibility index (Phi) is 7.46. The first-order valence-corrected chi connectivity index (χ1v) is 13.1. The molecule has 3 aliphatic heterocycles. The highest BCUT2D eigenvalue weighted by Crippen LogP contribution is 2.43. The van der Waals surface area contributed by atoms with Crippen molar-refractivity contribution >= 4 is 63.5 Å². The Balaban J connectivity index is 1.45. The van der Waals surface area contributed by atoms with Crippen LogP contribution in [0.5, 0.6) is 0 Å². The fourth-order valence-corrected chi connectivity index (χ4v) is 6.99. The number of anilines is 1. The second-order valence-corrected chi connectivity index (χ2v) is 10.5. The summed E-state index contributed by atoms with van der Waals surface area (Å²) in [7, 11) is 1.29. The van der Waals surface area contributed by atoms with Crippen LogP contribution in [0.3, 0.4) is 0 Å². The van der Waals surface area contributed by atoms with Gasteiger partial charge in [-0.3, -0.25) is 14.5 Å². The summed E-state index contributed by atoms with van der Waals surface area (Å²) in [5, 5.41) is 17.5. The number of carbonyl (C=O) groups is 3. The van der Waals surface area contributed by atoms with Crippen molar-refractivity contribution in [2.24, 2.45) is 5.16 Å². The Morgan fingerprint density at radius 1 is 1.48 bits per heavy atom. The molecule has 4 N–H and O–H groups in total. The van der Waals surface area contributed by atoms with E-state index in [1.165, 1.54) is 35.5 Å². The Morgan fingerprint density at radius 3 is 2.94 bits per heavy atom. The number of fused-ring (bicyclic) bond motifs is 1. The van der Waals surface area contributed by atoms with E-state index in [2.05, 4.69) is 15.5 Å². The molecule has 2 unspecified atom stereocenters. The number of β-lactam (4-membered cyclic amide) rings is 1. The Morgan fingerprint density at radius 2 is 2.30 bits per heavy atom. The van der Waals surface area contributed by atoms with Crippen molar-refractivity contribution in [2.45, 2.75) is 36.8 Å². The summed E-state index contributed by atoms with van der Waals surface area (Å²) in [4.78, 5) is 48.4. The zero-order chi connectivity index (χ0) is 23.5. The monoisotopic (exact) mass is 513 g/mol. The van der Waals surface area contributed by atoms with Crippen LogP contribution in [0.4, 0.5) is 5.13 Å². The minimum absolute atomic E-state index is 0.0203. The fraction of sp³-hybridized carbons (Fsp3) is 0.526. The molecule has 3 aliphatic rings. The zero-order valence-electron chi connectivity index (χ0n) is 17.7. The zero-order valence-corrected chi connectivity index (χ0v) is 20.1. The number of aliphatic carboxylic acids is 1. The van der Waals surface area contributed by atoms with E-state index < -0.39 is 29.2 Å². The molecule has 11 nitrogen and oxygen atoms in total. The van der Waals surface area contributed by atoms with E-state index in [-0.39, 0.29) is 28.3 Å². The van der Waals surface area contributed by atoms with Gasteiger partial charge in [-0.05, 0) is 19.3 Å². The molecule has 2 amide bonds. The number of ether oxygens (including phenoxy) is 1. The van der Waals surface area contributed by atoms with Gasteiger partial charge in [-0.2, -0.15) is 0 Å². The summed E-state index contributed by atoms with van der Waals surface area (Å²) in [6.07, 6.45) is 3.18. The first-order valence-electron chi connectivity index (χ1n) is 10.2. The average molecular weight is 514 g/mol. The third-order valence-electron chi connectivity index (χ3n) is 5.30. The van der Waals surface area contributed by atoms with Crippen molar-refractivity contribution in [3.63, 3.8) is 0 Å². The first kappa shape index (κ1) is 23.9. The molecule has 0 aliphatic carbocycles. The standard InChI is InChI=1S/C19H23N5O6S3/c1-29-23-12(10-7-33-19(20)21-10)15(25)22-13-16(26)24-14(18(27)28)11(8-32-17(13)24)31-6-9-4-2-3-5-30-9/h7,9,13,17H,2-6,8H2,1H3,(H2,20,21)(H,22,25)(H,27,28)/t9?,13?,17-/m0/s1. The summed E-state index contributed by atoms with van der Waals surface area (Å²) >= 11 is 3.98. The van der Waals surface area contributed by atoms with Crippen molar-refractivity contribution in [3.05, 3.63) is 21.7 Å². The molecule has 1 aromatic heterocycles. The molecule has 33 heavy (non-hydrogen) atoms. The molecule has 3 atom stereocenters. The van der Waals surface area contributed by atoms with Gasteiger partial charge >= 0.3 is 5.97 Å². The molecule has 0 spiro atoms. The maximum atomic E-state index is 12.9. The number of carbonyl (C=O) groups excluding carboxylic acids is 2. The minimum Gasteiger partial charge on any atom is -0.477 e. The van der Waals surface area contributed by atoms with E-state index in [0.29, 0.717) is 16.4 Å². The van der Waals surface area contributed by atoms with Crippen LogP contribution in [-0.4, -0.2) is 81.2 Å². The lowest BCUT2D eigenvalue weighted by molar-refractivity contribution is -0.150. The number of carboxylic acids is 1. The van der Waals surface area contributed by atoms with Crippen LogP contribution in [0.2, 0.25) is 0 Å². The molecule has 0 aromatic carbocycles. The predicted octanol–water partition coefficient (Wildman–Crippen LogP) is 1.07. The number of nitrogen functional groups attached to an aromatic ring is 1. The number of aromatic nitrogens is 1. The van der Waals surface area contributed by atoms with E-state index in [4.69, 9.17) is 15.3 Å². The molecule has 178 valence electrons. The lowest BCUT2D eigenvalue weighted by atomic mass is 10.0. The van der Waals surface area contributed by atoms with Gasteiger partial charge in [-0.25, -0.2) is 9.78 Å². The molecule has 0 saturated carbocycles. The van der Waals surface area contributed by atoms with Crippen LogP contribution >= 0.6 is 34.9 Å². The second kappa shape index (κ2) is 10.3. The van der Waals surface area contributed by atoms with Crippen molar-refractivity contribution in [1.29, 1.82) is 0 Å². The van der Waals surface area contributed by atoms with Gasteiger partial charge in [0.2, 0.25) is 0 Å². The van der Waals surface area contributed by atoms with Crippen LogP contribution in [0.25, 0.3) is 0 Å². The smallest absolute Gasteiger partial charge is 0.353 e. The number of nitrogens with two attached hydrogens (primary N) is 1. The number of oxime groups is 1. The molecule has 0 bridgehead atoms. The molecule has 4 heterocycles. The highest BCUT2D eigenvalue weighted by Gasteiger charge is 2.54. The van der Waals surface area contributed by atoms with Gasteiger partial charge in [0.15, 0.2) is 10.8 Å². The largest absolute Gasteiger partial charge is 0.477 e. The van der Waals surface area contributed by atoms with Gasteiger partial charge in [0.1, 0.15) is 29.9 Å². The quantitative estimate of drug-likeness (QED) is 0.261. The summed E-state index contributed by atoms with van der Waals surface area (Å²) in [5.74, 6) is -1.23. The number of rotatable bonds is 8. The van der Waals surface area contributed by atoms with E-state index in [9.17, 15) is 19.5 Å². The summed E-state index contributed by atoms with van der Waals surface area (Å²) in [6.45, 7) is 0.723. The van der Waals surface area contributed by atoms with Crippen molar-refractivity contribution in [1.82, 2.24) is 15.2 Å². The van der Waals surface area contributed by atoms with Gasteiger partial charge in [-0.15, -0.1) is 34.9 Å². The molecular weight excluding hydrogens is 490 g/mol. The summed E-state index contributed by atoms with van der Waals surface area (Å²) in [6, 6.07) is -0.886. The first-order chi connectivity index (χ1) is 15.9. The van der Waals surface area contributed by atoms with Crippen LogP contribution in [0.15, 0.2) is 21.1 Å². The number of hydrogen-bond acceptors (Lipinski definition) is 11. The van der Waals surface area contributed by atoms with Gasteiger partial charge < -0.3 is 25.7 Å². The predicted molar refractivity (Wildman–Crippen MR) is 126 cm³/mol. The molecule has 2 fully saturated rings. The molecule has 4 rings (SSSR count). The van der Waals surface area contributed by atoms with Crippen LogP contribution in [-0.2, 0) is 24.0 Å². The summed E-state index contributed by atoms with van der Waals surface area (Å²) < 4.78 is 5.73. The normalized spacial score (nSPS) is 25.4. The molecule has 0 radical (unpaired) electrons. The number of hydrogen-bond donors (Lipinski definition) is 3. The summed E-state index contributed by atoms with van der Waals surface area (Å²) in [5.41, 5.74) is 5.73. The van der Waals surface area contributed by atoms with E-state index >= 15 is 0 Å². The molecule has 14 heteroatoms. The Labute approximate surface area is 202 Å². The Hall–Kier alpha value is -2.29. The average Bonchev–Trinajstić information content (AvgIpc) is 3.25. The van der Waals surface area contributed by atoms with E-state index in [0.717, 1.165) is 37.2 Å². The number of thioether (sulfide) groups is 2. The third kappa shape index (κ3) is 4.98. The van der Waals surface area contributed by atoms with E-state index in [1.807, 2.05) is 0 Å². The molecule has 2 saturated heterocycles. The SMILES string of the molecule is CON=C(C(=O)NC1C(=O)N2C(C(=O)O)=C(SCC3CCCCO3)CS[C@@H]12)c1csc(N)n1. The van der Waals surface area contributed by atoms with E-state index in [1.54, 1.807) is 5.38 Å².